The SMILES string of the molecule is OC(c1ccc(F)c(Cl)c1)c1cc(Br)c(Cl)s1. The summed E-state index contributed by atoms with van der Waals surface area (Å²) in [5, 5.41) is 10.1. The summed E-state index contributed by atoms with van der Waals surface area (Å²) in [6.45, 7) is 0. The van der Waals surface area contributed by atoms with E-state index in [0.717, 1.165) is 4.47 Å². The van der Waals surface area contributed by atoms with Gasteiger partial charge >= 0.3 is 0 Å². The minimum absolute atomic E-state index is 0.0109. The molecule has 0 saturated heterocycles. The largest absolute Gasteiger partial charge is 0.383 e. The summed E-state index contributed by atoms with van der Waals surface area (Å²) in [5.41, 5.74) is 0.529. The zero-order valence-corrected chi connectivity index (χ0v) is 12.2. The van der Waals surface area contributed by atoms with E-state index in [1.165, 1.54) is 29.5 Å². The minimum atomic E-state index is -0.859. The fraction of sp³-hybridized carbons (Fsp3) is 0.0909. The Kier molecular flexibility index (Phi) is 4.10. The highest BCUT2D eigenvalue weighted by Crippen LogP contribution is 2.37. The summed E-state index contributed by atoms with van der Waals surface area (Å²) in [5.74, 6) is -0.506. The molecule has 0 aliphatic carbocycles. The molecule has 1 nitrogen and oxygen atoms in total. The van der Waals surface area contributed by atoms with Crippen LogP contribution in [-0.4, -0.2) is 5.11 Å². The van der Waals surface area contributed by atoms with Crippen LogP contribution in [-0.2, 0) is 0 Å². The molecule has 0 spiro atoms. The van der Waals surface area contributed by atoms with E-state index in [9.17, 15) is 9.50 Å². The molecule has 2 aromatic rings. The number of thiophene rings is 1. The molecule has 0 bridgehead atoms. The first-order valence-corrected chi connectivity index (χ1v) is 6.93. The highest BCUT2D eigenvalue weighted by atomic mass is 79.9. The molecule has 1 N–H and O–H groups in total. The molecule has 6 heteroatoms. The van der Waals surface area contributed by atoms with Crippen LogP contribution < -0.4 is 0 Å². The van der Waals surface area contributed by atoms with E-state index in [2.05, 4.69) is 15.9 Å². The zero-order valence-electron chi connectivity index (χ0n) is 8.25. The third-order valence-electron chi connectivity index (χ3n) is 2.19. The van der Waals surface area contributed by atoms with E-state index in [4.69, 9.17) is 23.2 Å². The predicted molar refractivity (Wildman–Crippen MR) is 72.5 cm³/mol. The molecule has 1 aromatic heterocycles. The number of hydrogen-bond acceptors (Lipinski definition) is 2. The molecule has 1 heterocycles. The lowest BCUT2D eigenvalue weighted by atomic mass is 10.1. The highest BCUT2D eigenvalue weighted by molar-refractivity contribution is 9.10. The van der Waals surface area contributed by atoms with E-state index in [-0.39, 0.29) is 5.02 Å². The fourth-order valence-electron chi connectivity index (χ4n) is 1.34. The first-order valence-electron chi connectivity index (χ1n) is 4.57. The van der Waals surface area contributed by atoms with Gasteiger partial charge in [-0.1, -0.05) is 29.3 Å². The van der Waals surface area contributed by atoms with Gasteiger partial charge in [-0.2, -0.15) is 0 Å². The van der Waals surface area contributed by atoms with Crippen molar-refractivity contribution in [1.29, 1.82) is 0 Å². The molecule has 0 amide bonds. The number of aliphatic hydroxyl groups is 1. The molecule has 0 fully saturated rings. The van der Waals surface area contributed by atoms with Gasteiger partial charge in [-0.05, 0) is 39.7 Å². The van der Waals surface area contributed by atoms with Gasteiger partial charge in [-0.25, -0.2) is 4.39 Å². The van der Waals surface area contributed by atoms with Crippen molar-refractivity contribution in [2.75, 3.05) is 0 Å². The Labute approximate surface area is 120 Å². The van der Waals surface area contributed by atoms with Gasteiger partial charge < -0.3 is 5.11 Å². The summed E-state index contributed by atoms with van der Waals surface area (Å²) >= 11 is 16.1. The number of benzene rings is 1. The fourth-order valence-corrected chi connectivity index (χ4v) is 3.28. The van der Waals surface area contributed by atoms with Gasteiger partial charge in [-0.3, -0.25) is 0 Å². The molecule has 17 heavy (non-hydrogen) atoms. The van der Waals surface area contributed by atoms with Crippen molar-refractivity contribution < 1.29 is 9.50 Å². The average molecular weight is 356 g/mol. The van der Waals surface area contributed by atoms with Gasteiger partial charge in [0, 0.05) is 9.35 Å². The Balaban J connectivity index is 2.36. The second-order valence-electron chi connectivity index (χ2n) is 3.35. The first-order chi connectivity index (χ1) is 7.99. The maximum atomic E-state index is 13.0. The molecular formula is C11H6BrCl2FOS. The Morgan fingerprint density at radius 1 is 1.29 bits per heavy atom. The molecule has 0 radical (unpaired) electrons. The Morgan fingerprint density at radius 2 is 2.00 bits per heavy atom. The molecule has 90 valence electrons. The first kappa shape index (κ1) is 13.3. The standard InChI is InChI=1S/C11H6BrCl2FOS/c12-6-4-9(17-11(6)14)10(16)5-1-2-8(15)7(13)3-5/h1-4,10,16H. The van der Waals surface area contributed by atoms with Crippen LogP contribution in [0.4, 0.5) is 4.39 Å². The van der Waals surface area contributed by atoms with Crippen LogP contribution in [0.15, 0.2) is 28.7 Å². The van der Waals surface area contributed by atoms with Crippen molar-refractivity contribution in [2.45, 2.75) is 6.10 Å². The van der Waals surface area contributed by atoms with Gasteiger partial charge in [0.05, 0.1) is 5.02 Å². The van der Waals surface area contributed by atoms with Crippen molar-refractivity contribution in [1.82, 2.24) is 0 Å². The second-order valence-corrected chi connectivity index (χ2v) is 6.29. The molecule has 1 unspecified atom stereocenters. The molecule has 0 saturated carbocycles. The van der Waals surface area contributed by atoms with Crippen LogP contribution in [0.3, 0.4) is 0 Å². The van der Waals surface area contributed by atoms with Crippen LogP contribution >= 0.6 is 50.5 Å². The van der Waals surface area contributed by atoms with Crippen LogP contribution in [0.5, 0.6) is 0 Å². The lowest BCUT2D eigenvalue weighted by molar-refractivity contribution is 0.224. The van der Waals surface area contributed by atoms with Crippen molar-refractivity contribution in [3.8, 4) is 0 Å². The Hall–Kier alpha value is -0.130. The number of hydrogen-bond donors (Lipinski definition) is 1. The van der Waals surface area contributed by atoms with E-state index in [1.807, 2.05) is 0 Å². The smallest absolute Gasteiger partial charge is 0.141 e. The number of aliphatic hydroxyl groups excluding tert-OH is 1. The number of halogens is 4. The van der Waals surface area contributed by atoms with Crippen molar-refractivity contribution in [3.63, 3.8) is 0 Å². The quantitative estimate of drug-likeness (QED) is 0.800. The summed E-state index contributed by atoms with van der Waals surface area (Å²) in [6.07, 6.45) is -0.859. The summed E-state index contributed by atoms with van der Waals surface area (Å²) in [6, 6.07) is 5.86. The van der Waals surface area contributed by atoms with Crippen molar-refractivity contribution in [3.05, 3.63) is 54.4 Å². The van der Waals surface area contributed by atoms with Crippen LogP contribution in [0, 0.1) is 5.82 Å². The number of rotatable bonds is 2. The van der Waals surface area contributed by atoms with E-state index < -0.39 is 11.9 Å². The van der Waals surface area contributed by atoms with Crippen molar-refractivity contribution in [2.24, 2.45) is 0 Å². The maximum Gasteiger partial charge on any atom is 0.141 e. The molecule has 0 aliphatic heterocycles. The van der Waals surface area contributed by atoms with Gasteiger partial charge in [-0.15, -0.1) is 11.3 Å². The third kappa shape index (κ3) is 2.83. The van der Waals surface area contributed by atoms with Gasteiger partial charge in [0.1, 0.15) is 16.3 Å². The monoisotopic (exact) mass is 354 g/mol. The predicted octanol–water partition coefficient (Wildman–Crippen LogP) is 5.04. The third-order valence-corrected chi connectivity index (χ3v) is 5.01. The molecular weight excluding hydrogens is 350 g/mol. The van der Waals surface area contributed by atoms with Gasteiger partial charge in [0.25, 0.3) is 0 Å². The molecule has 1 atom stereocenters. The van der Waals surface area contributed by atoms with E-state index in [1.54, 1.807) is 6.07 Å². The average Bonchev–Trinajstić information content (AvgIpc) is 2.62. The summed E-state index contributed by atoms with van der Waals surface area (Å²) < 4.78 is 14.3. The highest BCUT2D eigenvalue weighted by Gasteiger charge is 2.16. The molecule has 2 rings (SSSR count). The zero-order chi connectivity index (χ0) is 12.6. The molecule has 1 aromatic carbocycles. The molecule has 0 aliphatic rings. The van der Waals surface area contributed by atoms with Gasteiger partial charge in [0.15, 0.2) is 0 Å². The maximum absolute atomic E-state index is 13.0. The minimum Gasteiger partial charge on any atom is -0.383 e. The summed E-state index contributed by atoms with van der Waals surface area (Å²) in [4.78, 5) is 0.671. The van der Waals surface area contributed by atoms with E-state index in [0.29, 0.717) is 14.8 Å². The Morgan fingerprint density at radius 3 is 2.53 bits per heavy atom. The van der Waals surface area contributed by atoms with E-state index >= 15 is 0 Å². The van der Waals surface area contributed by atoms with Crippen LogP contribution in [0.25, 0.3) is 0 Å². The Bertz CT molecular complexity index is 539. The van der Waals surface area contributed by atoms with Gasteiger partial charge in [0.2, 0.25) is 0 Å². The summed E-state index contributed by atoms with van der Waals surface area (Å²) in [7, 11) is 0. The van der Waals surface area contributed by atoms with Crippen LogP contribution in [0.1, 0.15) is 16.5 Å². The normalized spacial score (nSPS) is 12.8. The van der Waals surface area contributed by atoms with Crippen molar-refractivity contribution >= 4 is 50.5 Å². The second kappa shape index (κ2) is 5.24. The van der Waals surface area contributed by atoms with Crippen LogP contribution in [0.2, 0.25) is 9.36 Å². The topological polar surface area (TPSA) is 20.2 Å². The lowest BCUT2D eigenvalue weighted by Gasteiger charge is -2.09. The lowest BCUT2D eigenvalue weighted by Crippen LogP contribution is -1.97.